The quantitative estimate of drug-likeness (QED) is 0.793. The SMILES string of the molecule is O=C(O)[C@@H](O)COc1ccccc1Cl. The first-order chi connectivity index (χ1) is 6.61. The molecule has 0 aliphatic heterocycles. The molecule has 0 aliphatic carbocycles. The summed E-state index contributed by atoms with van der Waals surface area (Å²) in [5.41, 5.74) is 0. The maximum Gasteiger partial charge on any atom is 0.336 e. The van der Waals surface area contributed by atoms with Crippen LogP contribution in [-0.4, -0.2) is 28.9 Å². The zero-order valence-corrected chi connectivity index (χ0v) is 7.94. The van der Waals surface area contributed by atoms with Crippen molar-refractivity contribution >= 4 is 17.6 Å². The number of aliphatic hydroxyl groups is 1. The molecular formula is C9H9ClO4. The van der Waals surface area contributed by atoms with Gasteiger partial charge in [-0.05, 0) is 12.1 Å². The van der Waals surface area contributed by atoms with Crippen LogP contribution in [-0.2, 0) is 4.79 Å². The maximum atomic E-state index is 10.2. The Kier molecular flexibility index (Phi) is 3.73. The van der Waals surface area contributed by atoms with Gasteiger partial charge in [0.15, 0.2) is 6.10 Å². The lowest BCUT2D eigenvalue weighted by molar-refractivity contribution is -0.148. The second-order valence-electron chi connectivity index (χ2n) is 2.60. The largest absolute Gasteiger partial charge is 0.489 e. The first-order valence-electron chi connectivity index (χ1n) is 3.89. The van der Waals surface area contributed by atoms with Crippen molar-refractivity contribution in [2.45, 2.75) is 6.10 Å². The van der Waals surface area contributed by atoms with Crippen LogP contribution >= 0.6 is 11.6 Å². The molecule has 0 saturated carbocycles. The molecule has 0 heterocycles. The Labute approximate surface area is 85.7 Å². The van der Waals surface area contributed by atoms with Crippen molar-refractivity contribution in [1.29, 1.82) is 0 Å². The van der Waals surface area contributed by atoms with Crippen LogP contribution in [0.3, 0.4) is 0 Å². The van der Waals surface area contributed by atoms with Gasteiger partial charge < -0.3 is 14.9 Å². The zero-order valence-electron chi connectivity index (χ0n) is 7.18. The highest BCUT2D eigenvalue weighted by molar-refractivity contribution is 6.32. The molecule has 0 bridgehead atoms. The molecule has 0 aromatic heterocycles. The Morgan fingerprint density at radius 1 is 1.50 bits per heavy atom. The Morgan fingerprint density at radius 3 is 2.71 bits per heavy atom. The minimum Gasteiger partial charge on any atom is -0.489 e. The summed E-state index contributed by atoms with van der Waals surface area (Å²) in [6.07, 6.45) is -1.54. The second kappa shape index (κ2) is 4.83. The Balaban J connectivity index is 2.54. The number of ether oxygens (including phenoxy) is 1. The summed E-state index contributed by atoms with van der Waals surface area (Å²) in [6.45, 7) is -0.320. The average Bonchev–Trinajstić information content (AvgIpc) is 2.16. The Morgan fingerprint density at radius 2 is 2.14 bits per heavy atom. The summed E-state index contributed by atoms with van der Waals surface area (Å²) in [5.74, 6) is -0.966. The smallest absolute Gasteiger partial charge is 0.336 e. The molecule has 1 atom stereocenters. The van der Waals surface area contributed by atoms with Crippen molar-refractivity contribution in [1.82, 2.24) is 0 Å². The standard InChI is InChI=1S/C9H9ClO4/c10-6-3-1-2-4-8(6)14-5-7(11)9(12)13/h1-4,7,11H,5H2,(H,12,13)/t7-/m0/s1. The highest BCUT2D eigenvalue weighted by atomic mass is 35.5. The first kappa shape index (κ1) is 10.8. The van der Waals surface area contributed by atoms with Crippen LogP contribution in [0.4, 0.5) is 0 Å². The van der Waals surface area contributed by atoms with Crippen LogP contribution in [0.25, 0.3) is 0 Å². The minimum atomic E-state index is -1.54. The molecule has 4 nitrogen and oxygen atoms in total. The normalized spacial score (nSPS) is 12.1. The van der Waals surface area contributed by atoms with Crippen molar-refractivity contribution in [3.63, 3.8) is 0 Å². The van der Waals surface area contributed by atoms with Crippen molar-refractivity contribution in [3.05, 3.63) is 29.3 Å². The van der Waals surface area contributed by atoms with E-state index in [0.717, 1.165) is 0 Å². The fourth-order valence-electron chi connectivity index (χ4n) is 0.802. The van der Waals surface area contributed by atoms with Gasteiger partial charge in [0.1, 0.15) is 12.4 Å². The third-order valence-corrected chi connectivity index (χ3v) is 1.83. The van der Waals surface area contributed by atoms with Crippen molar-refractivity contribution in [3.8, 4) is 5.75 Å². The van der Waals surface area contributed by atoms with E-state index in [0.29, 0.717) is 10.8 Å². The number of hydrogen-bond donors (Lipinski definition) is 2. The lowest BCUT2D eigenvalue weighted by Crippen LogP contribution is -2.26. The van der Waals surface area contributed by atoms with Crippen LogP contribution in [0.1, 0.15) is 0 Å². The Hall–Kier alpha value is -1.26. The molecule has 0 unspecified atom stereocenters. The van der Waals surface area contributed by atoms with Gasteiger partial charge in [-0.25, -0.2) is 4.79 Å². The predicted molar refractivity (Wildman–Crippen MR) is 50.6 cm³/mol. The highest BCUT2D eigenvalue weighted by Gasteiger charge is 2.14. The van der Waals surface area contributed by atoms with Gasteiger partial charge in [0, 0.05) is 0 Å². The minimum absolute atomic E-state index is 0.320. The van der Waals surface area contributed by atoms with E-state index in [9.17, 15) is 4.79 Å². The fourth-order valence-corrected chi connectivity index (χ4v) is 0.992. The molecule has 2 N–H and O–H groups in total. The van der Waals surface area contributed by atoms with E-state index in [-0.39, 0.29) is 6.61 Å². The number of carbonyl (C=O) groups is 1. The van der Waals surface area contributed by atoms with Crippen LogP contribution in [0.5, 0.6) is 5.75 Å². The van der Waals surface area contributed by atoms with Gasteiger partial charge in [-0.15, -0.1) is 0 Å². The number of aliphatic carboxylic acids is 1. The third kappa shape index (κ3) is 2.90. The molecular weight excluding hydrogens is 208 g/mol. The summed E-state index contributed by atoms with van der Waals surface area (Å²) in [4.78, 5) is 10.2. The lowest BCUT2D eigenvalue weighted by atomic mass is 10.3. The van der Waals surface area contributed by atoms with Crippen molar-refractivity contribution in [2.75, 3.05) is 6.61 Å². The van der Waals surface area contributed by atoms with Crippen molar-refractivity contribution in [2.24, 2.45) is 0 Å². The molecule has 1 aromatic rings. The fraction of sp³-hybridized carbons (Fsp3) is 0.222. The number of carboxylic acids is 1. The molecule has 1 rings (SSSR count). The highest BCUT2D eigenvalue weighted by Crippen LogP contribution is 2.22. The van der Waals surface area contributed by atoms with E-state index in [1.807, 2.05) is 0 Å². The summed E-state index contributed by atoms with van der Waals surface area (Å²) in [6, 6.07) is 6.64. The molecule has 0 spiro atoms. The maximum absolute atomic E-state index is 10.2. The molecule has 0 saturated heterocycles. The summed E-state index contributed by atoms with van der Waals surface area (Å²) < 4.78 is 5.00. The van der Waals surface area contributed by atoms with Gasteiger partial charge in [-0.2, -0.15) is 0 Å². The van der Waals surface area contributed by atoms with Gasteiger partial charge in [0.25, 0.3) is 0 Å². The van der Waals surface area contributed by atoms with Gasteiger partial charge in [-0.1, -0.05) is 23.7 Å². The predicted octanol–water partition coefficient (Wildman–Crippen LogP) is 1.16. The molecule has 0 radical (unpaired) electrons. The topological polar surface area (TPSA) is 66.8 Å². The van der Waals surface area contributed by atoms with E-state index in [1.54, 1.807) is 24.3 Å². The second-order valence-corrected chi connectivity index (χ2v) is 3.00. The molecule has 5 heteroatoms. The monoisotopic (exact) mass is 216 g/mol. The van der Waals surface area contributed by atoms with Gasteiger partial charge >= 0.3 is 5.97 Å². The number of rotatable bonds is 4. The molecule has 76 valence electrons. The van der Waals surface area contributed by atoms with Crippen LogP contribution < -0.4 is 4.74 Å². The van der Waals surface area contributed by atoms with E-state index in [1.165, 1.54) is 0 Å². The van der Waals surface area contributed by atoms with Crippen molar-refractivity contribution < 1.29 is 19.7 Å². The molecule has 0 fully saturated rings. The first-order valence-corrected chi connectivity index (χ1v) is 4.27. The zero-order chi connectivity index (χ0) is 10.6. The number of aliphatic hydroxyl groups excluding tert-OH is 1. The number of para-hydroxylation sites is 1. The summed E-state index contributed by atoms with van der Waals surface area (Å²) in [5, 5.41) is 17.7. The number of halogens is 1. The number of carboxylic acid groups (broad SMARTS) is 1. The third-order valence-electron chi connectivity index (χ3n) is 1.52. The average molecular weight is 217 g/mol. The van der Waals surface area contributed by atoms with Gasteiger partial charge in [0.05, 0.1) is 5.02 Å². The molecule has 14 heavy (non-hydrogen) atoms. The Bertz CT molecular complexity index is 326. The summed E-state index contributed by atoms with van der Waals surface area (Å²) >= 11 is 5.73. The molecule has 0 aliphatic rings. The van der Waals surface area contributed by atoms with Crippen LogP contribution in [0.2, 0.25) is 5.02 Å². The van der Waals surface area contributed by atoms with E-state index >= 15 is 0 Å². The summed E-state index contributed by atoms with van der Waals surface area (Å²) in [7, 11) is 0. The number of hydrogen-bond acceptors (Lipinski definition) is 3. The van der Waals surface area contributed by atoms with E-state index in [2.05, 4.69) is 0 Å². The van der Waals surface area contributed by atoms with Crippen LogP contribution in [0.15, 0.2) is 24.3 Å². The molecule has 1 aromatic carbocycles. The van der Waals surface area contributed by atoms with E-state index < -0.39 is 12.1 Å². The lowest BCUT2D eigenvalue weighted by Gasteiger charge is -2.09. The van der Waals surface area contributed by atoms with E-state index in [4.69, 9.17) is 26.6 Å². The number of benzene rings is 1. The molecule has 0 amide bonds. The van der Waals surface area contributed by atoms with Gasteiger partial charge in [0.2, 0.25) is 0 Å². The van der Waals surface area contributed by atoms with Gasteiger partial charge in [-0.3, -0.25) is 0 Å². The van der Waals surface area contributed by atoms with Crippen LogP contribution in [0, 0.1) is 0 Å².